The smallest absolute Gasteiger partial charge is 0.184 e. The fraction of sp³-hybridized carbons (Fsp3) is 0.0769. The molecule has 3 rings (SSSR count). The van der Waals surface area contributed by atoms with Gasteiger partial charge in [0.05, 0.1) is 15.7 Å². The zero-order chi connectivity index (χ0) is 13.6. The van der Waals surface area contributed by atoms with Crippen LogP contribution in [0, 0.1) is 6.92 Å². The second kappa shape index (κ2) is 4.40. The number of aromatic nitrogens is 3. The lowest BCUT2D eigenvalue weighted by Gasteiger charge is -2.04. The number of anilines is 1. The Morgan fingerprint density at radius 3 is 2.63 bits per heavy atom. The number of nitrogens with two attached hydrogens (primary N) is 1. The first-order chi connectivity index (χ1) is 9.06. The summed E-state index contributed by atoms with van der Waals surface area (Å²) in [5.74, 6) is 0.684. The Morgan fingerprint density at radius 1 is 1.11 bits per heavy atom. The molecule has 0 fully saturated rings. The molecule has 2 aromatic heterocycles. The average molecular weight is 293 g/mol. The Hall–Kier alpha value is -1.78. The van der Waals surface area contributed by atoms with E-state index in [-0.39, 0.29) is 0 Å². The first kappa shape index (κ1) is 12.3. The van der Waals surface area contributed by atoms with Crippen LogP contribution in [0.15, 0.2) is 30.5 Å². The molecule has 0 saturated heterocycles. The number of nitrogen functional groups attached to an aromatic ring is 1. The summed E-state index contributed by atoms with van der Waals surface area (Å²) in [6, 6.07) is 7.21. The lowest BCUT2D eigenvalue weighted by atomic mass is 10.2. The van der Waals surface area contributed by atoms with Gasteiger partial charge in [0, 0.05) is 11.8 Å². The third kappa shape index (κ3) is 2.03. The Morgan fingerprint density at radius 2 is 1.89 bits per heavy atom. The Labute approximate surface area is 119 Å². The molecule has 0 aliphatic rings. The fourth-order valence-electron chi connectivity index (χ4n) is 1.99. The van der Waals surface area contributed by atoms with Crippen molar-refractivity contribution < 1.29 is 0 Å². The van der Waals surface area contributed by atoms with Gasteiger partial charge in [0.1, 0.15) is 0 Å². The number of hydrogen-bond acceptors (Lipinski definition) is 3. The summed E-state index contributed by atoms with van der Waals surface area (Å²) in [7, 11) is 0. The molecule has 96 valence electrons. The first-order valence-corrected chi connectivity index (χ1v) is 6.38. The molecule has 0 saturated carbocycles. The highest BCUT2D eigenvalue weighted by atomic mass is 35.5. The summed E-state index contributed by atoms with van der Waals surface area (Å²) in [6.07, 6.45) is 1.93. The number of rotatable bonds is 1. The maximum absolute atomic E-state index is 6.03. The molecule has 3 aromatic rings. The first-order valence-electron chi connectivity index (χ1n) is 5.62. The number of aryl methyl sites for hydroxylation is 1. The number of pyridine rings is 1. The van der Waals surface area contributed by atoms with Crippen LogP contribution in [-0.2, 0) is 0 Å². The summed E-state index contributed by atoms with van der Waals surface area (Å²) in [5.41, 5.74) is 9.03. The largest absolute Gasteiger partial charge is 0.396 e. The Balaban J connectivity index is 2.28. The van der Waals surface area contributed by atoms with E-state index in [1.807, 2.05) is 29.7 Å². The van der Waals surface area contributed by atoms with Crippen LogP contribution < -0.4 is 5.73 Å². The topological polar surface area (TPSA) is 56.2 Å². The second-order valence-electron chi connectivity index (χ2n) is 4.32. The summed E-state index contributed by atoms with van der Waals surface area (Å²) >= 11 is 11.9. The number of halogens is 2. The summed E-state index contributed by atoms with van der Waals surface area (Å²) in [6.45, 7) is 1.97. The van der Waals surface area contributed by atoms with Gasteiger partial charge in [-0.25, -0.2) is 0 Å². The Kier molecular flexibility index (Phi) is 2.84. The van der Waals surface area contributed by atoms with Crippen LogP contribution in [0.2, 0.25) is 10.0 Å². The predicted octanol–water partition coefficient (Wildman–Crippen LogP) is 3.59. The minimum atomic E-state index is 0.483. The van der Waals surface area contributed by atoms with Crippen LogP contribution in [0.5, 0.6) is 0 Å². The SMILES string of the molecule is Cc1cc(N)c2nnc(-c3ccc(Cl)c(Cl)c3)n2c1. The molecule has 0 unspecified atom stereocenters. The lowest BCUT2D eigenvalue weighted by Crippen LogP contribution is -1.95. The van der Waals surface area contributed by atoms with Gasteiger partial charge in [-0.2, -0.15) is 0 Å². The molecule has 0 amide bonds. The summed E-state index contributed by atoms with van der Waals surface area (Å²) in [4.78, 5) is 0. The van der Waals surface area contributed by atoms with Crippen LogP contribution in [-0.4, -0.2) is 14.6 Å². The standard InChI is InChI=1S/C13H10Cl2N4/c1-7-4-11(16)13-18-17-12(19(13)6-7)8-2-3-9(14)10(15)5-8/h2-6H,16H2,1H3. The highest BCUT2D eigenvalue weighted by Gasteiger charge is 2.11. The molecular formula is C13H10Cl2N4. The van der Waals surface area contributed by atoms with Crippen molar-refractivity contribution in [2.75, 3.05) is 5.73 Å². The molecule has 2 heterocycles. The van der Waals surface area contributed by atoms with Crippen LogP contribution in [0.25, 0.3) is 17.0 Å². The van der Waals surface area contributed by atoms with E-state index in [0.717, 1.165) is 11.1 Å². The van der Waals surface area contributed by atoms with Crippen LogP contribution >= 0.6 is 23.2 Å². The minimum Gasteiger partial charge on any atom is -0.396 e. The molecule has 6 heteroatoms. The van der Waals surface area contributed by atoms with Crippen molar-refractivity contribution in [1.29, 1.82) is 0 Å². The van der Waals surface area contributed by atoms with E-state index >= 15 is 0 Å². The molecule has 0 bridgehead atoms. The number of hydrogen-bond donors (Lipinski definition) is 1. The number of benzene rings is 1. The number of nitrogens with zero attached hydrogens (tertiary/aromatic N) is 3. The van der Waals surface area contributed by atoms with Gasteiger partial charge < -0.3 is 5.73 Å². The molecule has 0 aliphatic carbocycles. The summed E-state index contributed by atoms with van der Waals surface area (Å²) < 4.78 is 1.85. The van der Waals surface area contributed by atoms with Crippen molar-refractivity contribution >= 4 is 34.5 Å². The maximum Gasteiger partial charge on any atom is 0.184 e. The van der Waals surface area contributed by atoms with Crippen molar-refractivity contribution in [3.05, 3.63) is 46.1 Å². The van der Waals surface area contributed by atoms with Crippen LogP contribution in [0.1, 0.15) is 5.56 Å². The Bertz CT molecular complexity index is 780. The van der Waals surface area contributed by atoms with Gasteiger partial charge in [-0.1, -0.05) is 23.2 Å². The predicted molar refractivity (Wildman–Crippen MR) is 77.6 cm³/mol. The molecule has 2 N–H and O–H groups in total. The summed E-state index contributed by atoms with van der Waals surface area (Å²) in [5, 5.41) is 9.26. The van der Waals surface area contributed by atoms with Gasteiger partial charge in [0.25, 0.3) is 0 Å². The molecule has 0 atom stereocenters. The zero-order valence-corrected chi connectivity index (χ0v) is 11.6. The molecule has 19 heavy (non-hydrogen) atoms. The van der Waals surface area contributed by atoms with Crippen molar-refractivity contribution in [2.45, 2.75) is 6.92 Å². The molecule has 0 aliphatic heterocycles. The van der Waals surface area contributed by atoms with Gasteiger partial charge in [0.15, 0.2) is 11.5 Å². The molecule has 0 spiro atoms. The highest BCUT2D eigenvalue weighted by molar-refractivity contribution is 6.42. The molecular weight excluding hydrogens is 283 g/mol. The highest BCUT2D eigenvalue weighted by Crippen LogP contribution is 2.28. The third-order valence-corrected chi connectivity index (χ3v) is 3.59. The fourth-order valence-corrected chi connectivity index (χ4v) is 2.29. The molecule has 4 nitrogen and oxygen atoms in total. The van der Waals surface area contributed by atoms with Gasteiger partial charge in [-0.3, -0.25) is 4.40 Å². The van der Waals surface area contributed by atoms with Gasteiger partial charge in [0.2, 0.25) is 0 Å². The zero-order valence-electron chi connectivity index (χ0n) is 10.1. The van der Waals surface area contributed by atoms with E-state index in [4.69, 9.17) is 28.9 Å². The van der Waals surface area contributed by atoms with Crippen LogP contribution in [0.3, 0.4) is 0 Å². The average Bonchev–Trinajstić information content (AvgIpc) is 2.76. The van der Waals surface area contributed by atoms with E-state index < -0.39 is 0 Å². The van der Waals surface area contributed by atoms with E-state index in [0.29, 0.717) is 27.2 Å². The van der Waals surface area contributed by atoms with Gasteiger partial charge in [-0.05, 0) is 36.8 Å². The number of fused-ring (bicyclic) bond motifs is 1. The monoisotopic (exact) mass is 292 g/mol. The van der Waals surface area contributed by atoms with Gasteiger partial charge >= 0.3 is 0 Å². The van der Waals surface area contributed by atoms with E-state index in [9.17, 15) is 0 Å². The van der Waals surface area contributed by atoms with E-state index in [1.165, 1.54) is 0 Å². The quantitative estimate of drug-likeness (QED) is 0.746. The third-order valence-electron chi connectivity index (χ3n) is 2.85. The minimum absolute atomic E-state index is 0.483. The van der Waals surface area contributed by atoms with Crippen molar-refractivity contribution in [3.8, 4) is 11.4 Å². The molecule has 1 aromatic carbocycles. The van der Waals surface area contributed by atoms with Crippen molar-refractivity contribution in [1.82, 2.24) is 14.6 Å². The molecule has 0 radical (unpaired) electrons. The van der Waals surface area contributed by atoms with E-state index in [1.54, 1.807) is 12.1 Å². The van der Waals surface area contributed by atoms with Crippen molar-refractivity contribution in [3.63, 3.8) is 0 Å². The van der Waals surface area contributed by atoms with Crippen molar-refractivity contribution in [2.24, 2.45) is 0 Å². The van der Waals surface area contributed by atoms with Crippen LogP contribution in [0.4, 0.5) is 5.69 Å². The normalized spacial score (nSPS) is 11.1. The van der Waals surface area contributed by atoms with E-state index in [2.05, 4.69) is 10.2 Å². The lowest BCUT2D eigenvalue weighted by molar-refractivity contribution is 1.11. The van der Waals surface area contributed by atoms with Gasteiger partial charge in [-0.15, -0.1) is 10.2 Å². The second-order valence-corrected chi connectivity index (χ2v) is 5.13. The maximum atomic E-state index is 6.03.